The molecule has 0 aliphatic heterocycles. The maximum atomic E-state index is 11.9. The Labute approximate surface area is 117 Å². The molecule has 1 fully saturated rings. The van der Waals surface area contributed by atoms with Gasteiger partial charge in [0.05, 0.1) is 23.4 Å². The first-order valence-electron chi connectivity index (χ1n) is 7.04. The van der Waals surface area contributed by atoms with Crippen molar-refractivity contribution >= 4 is 11.7 Å². The second-order valence-electron chi connectivity index (χ2n) is 5.25. The summed E-state index contributed by atoms with van der Waals surface area (Å²) in [5.74, 6) is 0.0851. The van der Waals surface area contributed by atoms with Crippen LogP contribution in [0, 0.1) is 23.0 Å². The van der Waals surface area contributed by atoms with E-state index >= 15 is 0 Å². The maximum Gasteiger partial charge on any atom is 0.390 e. The third-order valence-corrected chi connectivity index (χ3v) is 3.75. The van der Waals surface area contributed by atoms with E-state index in [2.05, 4.69) is 10.4 Å². The Morgan fingerprint density at radius 3 is 2.80 bits per heavy atom. The summed E-state index contributed by atoms with van der Waals surface area (Å²) in [7, 11) is 0. The number of nitro groups is 1. The van der Waals surface area contributed by atoms with Crippen LogP contribution in [0.4, 0.5) is 5.82 Å². The van der Waals surface area contributed by atoms with Gasteiger partial charge in [-0.3, -0.25) is 4.79 Å². The molecule has 1 amide bonds. The zero-order valence-corrected chi connectivity index (χ0v) is 11.7. The zero-order chi connectivity index (χ0) is 14.5. The molecule has 0 atom stereocenters. The van der Waals surface area contributed by atoms with E-state index in [1.165, 1.54) is 12.5 Å². The Bertz CT molecular complexity index is 492. The fraction of sp³-hybridized carbons (Fsp3) is 0.692. The number of aromatic nitrogens is 2. The van der Waals surface area contributed by atoms with Crippen molar-refractivity contribution in [1.82, 2.24) is 15.1 Å². The molecule has 1 aliphatic rings. The van der Waals surface area contributed by atoms with E-state index in [0.29, 0.717) is 13.1 Å². The Hall–Kier alpha value is -1.92. The van der Waals surface area contributed by atoms with Crippen molar-refractivity contribution in [3.63, 3.8) is 0 Å². The summed E-state index contributed by atoms with van der Waals surface area (Å²) in [5.41, 5.74) is 0.726. The highest BCUT2D eigenvalue weighted by atomic mass is 16.6. The smallest absolute Gasteiger partial charge is 0.358 e. The van der Waals surface area contributed by atoms with Crippen LogP contribution >= 0.6 is 0 Å². The van der Waals surface area contributed by atoms with Gasteiger partial charge in [-0.15, -0.1) is 0 Å². The minimum Gasteiger partial charge on any atom is -0.358 e. The Morgan fingerprint density at radius 1 is 1.50 bits per heavy atom. The molecule has 1 saturated carbocycles. The van der Waals surface area contributed by atoms with Gasteiger partial charge in [0, 0.05) is 12.5 Å². The third kappa shape index (κ3) is 3.55. The predicted octanol–water partition coefficient (Wildman–Crippen LogP) is 1.80. The molecule has 1 aromatic heterocycles. The van der Waals surface area contributed by atoms with Gasteiger partial charge in [-0.1, -0.05) is 19.3 Å². The number of carbonyl (C=O) groups is 1. The van der Waals surface area contributed by atoms with Crippen LogP contribution < -0.4 is 5.32 Å². The van der Waals surface area contributed by atoms with E-state index in [9.17, 15) is 14.9 Å². The minimum atomic E-state index is -0.510. The van der Waals surface area contributed by atoms with Gasteiger partial charge in [-0.25, -0.2) is 0 Å². The number of aryl methyl sites for hydroxylation is 1. The highest BCUT2D eigenvalue weighted by Crippen LogP contribution is 2.23. The van der Waals surface area contributed by atoms with Crippen LogP contribution in [0.3, 0.4) is 0 Å². The lowest BCUT2D eigenvalue weighted by atomic mass is 9.89. The van der Waals surface area contributed by atoms with Gasteiger partial charge in [0.15, 0.2) is 0 Å². The van der Waals surface area contributed by atoms with E-state index in [-0.39, 0.29) is 17.6 Å². The van der Waals surface area contributed by atoms with Crippen LogP contribution in [0.25, 0.3) is 0 Å². The van der Waals surface area contributed by atoms with Gasteiger partial charge in [-0.2, -0.15) is 4.68 Å². The van der Waals surface area contributed by atoms with Crippen molar-refractivity contribution in [2.45, 2.75) is 45.6 Å². The van der Waals surface area contributed by atoms with E-state index in [0.717, 1.165) is 31.4 Å². The molecule has 1 heterocycles. The third-order valence-electron chi connectivity index (χ3n) is 3.75. The molecule has 0 bridgehead atoms. The molecule has 0 spiro atoms. The summed E-state index contributed by atoms with van der Waals surface area (Å²) >= 11 is 0. The SMILES string of the molecule is Cc1cc([N+](=O)[O-])nn1CCNC(=O)C1CCCCC1. The summed E-state index contributed by atoms with van der Waals surface area (Å²) in [6, 6.07) is 1.43. The number of rotatable bonds is 5. The molecule has 1 aromatic rings. The Morgan fingerprint density at radius 2 is 2.20 bits per heavy atom. The van der Waals surface area contributed by atoms with Crippen molar-refractivity contribution in [3.8, 4) is 0 Å². The average molecular weight is 280 g/mol. The van der Waals surface area contributed by atoms with Crippen molar-refractivity contribution < 1.29 is 9.72 Å². The van der Waals surface area contributed by atoms with Gasteiger partial charge in [0.1, 0.15) is 0 Å². The van der Waals surface area contributed by atoms with E-state index in [4.69, 9.17) is 0 Å². The molecule has 7 heteroatoms. The van der Waals surface area contributed by atoms with Gasteiger partial charge >= 0.3 is 5.82 Å². The molecule has 110 valence electrons. The number of carbonyl (C=O) groups excluding carboxylic acids is 1. The van der Waals surface area contributed by atoms with Crippen LogP contribution in [-0.2, 0) is 11.3 Å². The van der Waals surface area contributed by atoms with Gasteiger partial charge in [-0.05, 0) is 24.7 Å². The molecular formula is C13H20N4O3. The van der Waals surface area contributed by atoms with E-state index < -0.39 is 4.92 Å². The first kappa shape index (κ1) is 14.5. The van der Waals surface area contributed by atoms with Crippen molar-refractivity contribution in [2.75, 3.05) is 6.54 Å². The molecule has 1 aliphatic carbocycles. The lowest BCUT2D eigenvalue weighted by Crippen LogP contribution is -2.34. The summed E-state index contributed by atoms with van der Waals surface area (Å²) in [5, 5.41) is 17.4. The molecule has 1 N–H and O–H groups in total. The van der Waals surface area contributed by atoms with Crippen LogP contribution in [0.1, 0.15) is 37.8 Å². The number of hydrogen-bond donors (Lipinski definition) is 1. The van der Waals surface area contributed by atoms with Gasteiger partial charge < -0.3 is 15.4 Å². The van der Waals surface area contributed by atoms with Gasteiger partial charge in [0.2, 0.25) is 5.91 Å². The van der Waals surface area contributed by atoms with Crippen molar-refractivity contribution in [3.05, 3.63) is 21.9 Å². The minimum absolute atomic E-state index is 0.101. The standard InChI is InChI=1S/C13H20N4O3/c1-10-9-12(17(19)20)15-16(10)8-7-14-13(18)11-5-3-2-4-6-11/h9,11H,2-8H2,1H3,(H,14,18). The monoisotopic (exact) mass is 280 g/mol. The second kappa shape index (κ2) is 6.49. The average Bonchev–Trinajstić information content (AvgIpc) is 2.81. The molecule has 0 aromatic carbocycles. The lowest BCUT2D eigenvalue weighted by molar-refractivity contribution is -0.389. The van der Waals surface area contributed by atoms with Crippen LogP contribution in [0.2, 0.25) is 0 Å². The second-order valence-corrected chi connectivity index (χ2v) is 5.25. The number of nitrogens with zero attached hydrogens (tertiary/aromatic N) is 3. The highest BCUT2D eigenvalue weighted by molar-refractivity contribution is 5.78. The number of hydrogen-bond acceptors (Lipinski definition) is 4. The molecular weight excluding hydrogens is 260 g/mol. The maximum absolute atomic E-state index is 11.9. The number of nitrogens with one attached hydrogen (secondary N) is 1. The predicted molar refractivity (Wildman–Crippen MR) is 73.2 cm³/mol. The number of amides is 1. The van der Waals surface area contributed by atoms with E-state index in [1.807, 2.05) is 0 Å². The summed E-state index contributed by atoms with van der Waals surface area (Å²) < 4.78 is 1.55. The fourth-order valence-corrected chi connectivity index (χ4v) is 2.60. The van der Waals surface area contributed by atoms with Crippen molar-refractivity contribution in [2.24, 2.45) is 5.92 Å². The Balaban J connectivity index is 1.80. The first-order valence-corrected chi connectivity index (χ1v) is 7.04. The fourth-order valence-electron chi connectivity index (χ4n) is 2.60. The summed E-state index contributed by atoms with van der Waals surface area (Å²) in [4.78, 5) is 22.0. The van der Waals surface area contributed by atoms with Crippen LogP contribution in [0.5, 0.6) is 0 Å². The largest absolute Gasteiger partial charge is 0.390 e. The van der Waals surface area contributed by atoms with E-state index in [1.54, 1.807) is 11.6 Å². The lowest BCUT2D eigenvalue weighted by Gasteiger charge is -2.20. The first-order chi connectivity index (χ1) is 9.58. The van der Waals surface area contributed by atoms with Gasteiger partial charge in [0.25, 0.3) is 0 Å². The highest BCUT2D eigenvalue weighted by Gasteiger charge is 2.21. The molecule has 20 heavy (non-hydrogen) atoms. The van der Waals surface area contributed by atoms with Crippen LogP contribution in [-0.4, -0.2) is 27.2 Å². The molecule has 0 radical (unpaired) electrons. The summed E-state index contributed by atoms with van der Waals surface area (Å²) in [6.45, 7) is 2.68. The quantitative estimate of drug-likeness (QED) is 0.657. The van der Waals surface area contributed by atoms with Crippen LogP contribution in [0.15, 0.2) is 6.07 Å². The normalized spacial score (nSPS) is 16.1. The molecule has 0 saturated heterocycles. The molecule has 7 nitrogen and oxygen atoms in total. The summed E-state index contributed by atoms with van der Waals surface area (Å²) in [6.07, 6.45) is 5.42. The Kier molecular flexibility index (Phi) is 4.70. The zero-order valence-electron chi connectivity index (χ0n) is 11.7. The topological polar surface area (TPSA) is 90.1 Å². The molecule has 2 rings (SSSR count). The molecule has 0 unspecified atom stereocenters. The van der Waals surface area contributed by atoms with Crippen molar-refractivity contribution in [1.29, 1.82) is 0 Å².